The number of para-hydroxylation sites is 4. The Morgan fingerprint density at radius 1 is 0.765 bits per heavy atom. The van der Waals surface area contributed by atoms with Crippen molar-refractivity contribution in [2.75, 3.05) is 38.0 Å². The average molecular weight is 487 g/mol. The molecule has 0 heterocycles. The van der Waals surface area contributed by atoms with E-state index in [1.54, 1.807) is 42.5 Å². The Bertz CT molecular complexity index is 1250. The van der Waals surface area contributed by atoms with E-state index in [-0.39, 0.29) is 29.5 Å². The normalized spacial score (nSPS) is 10.8. The van der Waals surface area contributed by atoms with Gasteiger partial charge in [0.1, 0.15) is 11.5 Å². The first-order valence-corrected chi connectivity index (χ1v) is 11.8. The van der Waals surface area contributed by atoms with Gasteiger partial charge in [0, 0.05) is 0 Å². The van der Waals surface area contributed by atoms with Crippen LogP contribution in [0.4, 0.5) is 11.4 Å². The minimum atomic E-state index is -3.97. The van der Waals surface area contributed by atoms with Crippen molar-refractivity contribution in [3.05, 3.63) is 66.7 Å². The fourth-order valence-electron chi connectivity index (χ4n) is 3.09. The monoisotopic (exact) mass is 486 g/mol. The second kappa shape index (κ2) is 11.3. The summed E-state index contributed by atoms with van der Waals surface area (Å²) in [5, 5.41) is 2.68. The van der Waals surface area contributed by atoms with Crippen LogP contribution in [-0.2, 0) is 14.8 Å². The van der Waals surface area contributed by atoms with E-state index in [9.17, 15) is 13.2 Å². The molecule has 0 atom stereocenters. The minimum absolute atomic E-state index is 0.0254. The zero-order chi connectivity index (χ0) is 24.6. The third-order valence-corrected chi connectivity index (χ3v) is 6.13. The average Bonchev–Trinajstić information content (AvgIpc) is 2.84. The number of rotatable bonds is 11. The first-order valence-electron chi connectivity index (χ1n) is 10.3. The molecule has 9 nitrogen and oxygen atoms in total. The highest BCUT2D eigenvalue weighted by molar-refractivity contribution is 7.92. The first-order chi connectivity index (χ1) is 16.4. The van der Waals surface area contributed by atoms with Crippen molar-refractivity contribution >= 4 is 27.3 Å². The molecule has 0 fully saturated rings. The van der Waals surface area contributed by atoms with E-state index in [0.29, 0.717) is 28.7 Å². The van der Waals surface area contributed by atoms with Crippen LogP contribution in [0, 0.1) is 0 Å². The molecule has 0 aliphatic carbocycles. The van der Waals surface area contributed by atoms with E-state index in [0.717, 1.165) is 0 Å². The maximum atomic E-state index is 12.9. The van der Waals surface area contributed by atoms with Gasteiger partial charge in [-0.2, -0.15) is 0 Å². The standard InChI is InChI=1S/C24H26N2O7S/c1-30-20-9-5-4-8-18(20)26-34(28,29)17-12-13-21(31-2)19(16-17)25-24(27)14-15-33-23-11-7-6-10-22(23)32-3/h4-13,16,26H,14-15H2,1-3H3,(H,25,27). The lowest BCUT2D eigenvalue weighted by Crippen LogP contribution is -2.17. The van der Waals surface area contributed by atoms with E-state index in [1.807, 2.05) is 6.07 Å². The Balaban J connectivity index is 1.71. The topological polar surface area (TPSA) is 112 Å². The molecular formula is C24H26N2O7S. The minimum Gasteiger partial charge on any atom is -0.495 e. The predicted octanol–water partition coefficient (Wildman–Crippen LogP) is 3.92. The maximum absolute atomic E-state index is 12.9. The van der Waals surface area contributed by atoms with Crippen molar-refractivity contribution in [1.29, 1.82) is 0 Å². The summed E-state index contributed by atoms with van der Waals surface area (Å²) in [6.45, 7) is 0.0991. The Morgan fingerprint density at radius 3 is 2.03 bits per heavy atom. The van der Waals surface area contributed by atoms with Gasteiger partial charge in [-0.15, -0.1) is 0 Å². The largest absolute Gasteiger partial charge is 0.495 e. The predicted molar refractivity (Wildman–Crippen MR) is 129 cm³/mol. The fourth-order valence-corrected chi connectivity index (χ4v) is 4.19. The Hall–Kier alpha value is -3.92. The molecule has 3 rings (SSSR count). The van der Waals surface area contributed by atoms with Crippen LogP contribution < -0.4 is 29.0 Å². The van der Waals surface area contributed by atoms with E-state index in [4.69, 9.17) is 18.9 Å². The number of ether oxygens (including phenoxy) is 4. The van der Waals surface area contributed by atoms with Crippen molar-refractivity contribution in [2.24, 2.45) is 0 Å². The molecule has 3 aromatic carbocycles. The number of amides is 1. The third kappa shape index (κ3) is 6.10. The van der Waals surface area contributed by atoms with Gasteiger partial charge in [-0.05, 0) is 42.5 Å². The van der Waals surface area contributed by atoms with Crippen LogP contribution in [0.5, 0.6) is 23.0 Å². The zero-order valence-corrected chi connectivity index (χ0v) is 19.8. The van der Waals surface area contributed by atoms with Gasteiger partial charge in [-0.25, -0.2) is 8.42 Å². The Kier molecular flexibility index (Phi) is 8.20. The van der Waals surface area contributed by atoms with Crippen LogP contribution >= 0.6 is 0 Å². The summed E-state index contributed by atoms with van der Waals surface area (Å²) in [5.41, 5.74) is 0.507. The number of carbonyl (C=O) groups is 1. The molecule has 0 unspecified atom stereocenters. The quantitative estimate of drug-likeness (QED) is 0.422. The molecule has 0 aliphatic rings. The summed E-state index contributed by atoms with van der Waals surface area (Å²) in [4.78, 5) is 12.4. The SMILES string of the molecule is COc1ccc(S(=O)(=O)Nc2ccccc2OC)cc1NC(=O)CCOc1ccccc1OC. The molecule has 0 saturated heterocycles. The van der Waals surface area contributed by atoms with Gasteiger partial charge in [-0.3, -0.25) is 9.52 Å². The lowest BCUT2D eigenvalue weighted by atomic mass is 10.2. The molecule has 10 heteroatoms. The van der Waals surface area contributed by atoms with Crippen LogP contribution in [0.1, 0.15) is 6.42 Å². The molecule has 0 aliphatic heterocycles. The van der Waals surface area contributed by atoms with Gasteiger partial charge >= 0.3 is 0 Å². The van der Waals surface area contributed by atoms with Crippen LogP contribution in [0.2, 0.25) is 0 Å². The lowest BCUT2D eigenvalue weighted by Gasteiger charge is -2.15. The summed E-state index contributed by atoms with van der Waals surface area (Å²) < 4.78 is 49.7. The molecule has 0 radical (unpaired) electrons. The summed E-state index contributed by atoms with van der Waals surface area (Å²) in [6, 6.07) is 17.9. The molecule has 1 amide bonds. The number of hydrogen-bond acceptors (Lipinski definition) is 7. The lowest BCUT2D eigenvalue weighted by molar-refractivity contribution is -0.116. The molecule has 34 heavy (non-hydrogen) atoms. The first kappa shape index (κ1) is 24.7. The van der Waals surface area contributed by atoms with Crippen LogP contribution in [0.15, 0.2) is 71.6 Å². The van der Waals surface area contributed by atoms with Crippen molar-refractivity contribution in [3.63, 3.8) is 0 Å². The van der Waals surface area contributed by atoms with E-state index in [1.165, 1.54) is 39.5 Å². The van der Waals surface area contributed by atoms with Crippen LogP contribution in [-0.4, -0.2) is 42.3 Å². The van der Waals surface area contributed by atoms with Gasteiger partial charge in [-0.1, -0.05) is 24.3 Å². The Labute approximate surface area is 198 Å². The van der Waals surface area contributed by atoms with E-state index < -0.39 is 10.0 Å². The second-order valence-electron chi connectivity index (χ2n) is 6.97. The number of nitrogens with one attached hydrogen (secondary N) is 2. The highest BCUT2D eigenvalue weighted by atomic mass is 32.2. The number of anilines is 2. The van der Waals surface area contributed by atoms with Gasteiger partial charge in [0.05, 0.1) is 50.6 Å². The van der Waals surface area contributed by atoms with E-state index in [2.05, 4.69) is 10.0 Å². The van der Waals surface area contributed by atoms with Crippen LogP contribution in [0.3, 0.4) is 0 Å². The van der Waals surface area contributed by atoms with E-state index >= 15 is 0 Å². The smallest absolute Gasteiger partial charge is 0.262 e. The van der Waals surface area contributed by atoms with Gasteiger partial charge in [0.25, 0.3) is 10.0 Å². The van der Waals surface area contributed by atoms with Gasteiger partial charge in [0.15, 0.2) is 11.5 Å². The molecule has 0 bridgehead atoms. The number of hydrogen-bond donors (Lipinski definition) is 2. The molecule has 3 aromatic rings. The molecule has 2 N–H and O–H groups in total. The number of methoxy groups -OCH3 is 3. The fraction of sp³-hybridized carbons (Fsp3) is 0.208. The highest BCUT2D eigenvalue weighted by Gasteiger charge is 2.19. The summed E-state index contributed by atoms with van der Waals surface area (Å²) >= 11 is 0. The summed E-state index contributed by atoms with van der Waals surface area (Å²) in [7, 11) is 0.445. The van der Waals surface area contributed by atoms with Crippen molar-refractivity contribution in [1.82, 2.24) is 0 Å². The number of sulfonamides is 1. The zero-order valence-electron chi connectivity index (χ0n) is 19.0. The second-order valence-corrected chi connectivity index (χ2v) is 8.65. The molecular weight excluding hydrogens is 460 g/mol. The van der Waals surface area contributed by atoms with Gasteiger partial charge in [0.2, 0.25) is 5.91 Å². The molecule has 0 aromatic heterocycles. The van der Waals surface area contributed by atoms with Crippen molar-refractivity contribution in [3.8, 4) is 23.0 Å². The highest BCUT2D eigenvalue weighted by Crippen LogP contribution is 2.31. The molecule has 0 saturated carbocycles. The van der Waals surface area contributed by atoms with Gasteiger partial charge < -0.3 is 24.3 Å². The number of benzene rings is 3. The molecule has 0 spiro atoms. The third-order valence-electron chi connectivity index (χ3n) is 4.76. The molecule has 180 valence electrons. The van der Waals surface area contributed by atoms with Crippen molar-refractivity contribution < 1.29 is 32.2 Å². The number of carbonyl (C=O) groups excluding carboxylic acids is 1. The summed E-state index contributed by atoms with van der Waals surface area (Å²) in [5.74, 6) is 1.40. The van der Waals surface area contributed by atoms with Crippen LogP contribution in [0.25, 0.3) is 0 Å². The summed E-state index contributed by atoms with van der Waals surface area (Å²) in [6.07, 6.45) is 0.0254. The maximum Gasteiger partial charge on any atom is 0.262 e. The van der Waals surface area contributed by atoms with Crippen molar-refractivity contribution in [2.45, 2.75) is 11.3 Å². The Morgan fingerprint density at radius 2 is 1.35 bits per heavy atom.